The van der Waals surface area contributed by atoms with E-state index in [9.17, 15) is 0 Å². The third-order valence-corrected chi connectivity index (χ3v) is 3.99. The molecule has 1 heterocycles. The van der Waals surface area contributed by atoms with E-state index in [1.165, 1.54) is 23.2 Å². The number of piperazine rings is 1. The van der Waals surface area contributed by atoms with Crippen molar-refractivity contribution in [1.82, 2.24) is 10.2 Å². The summed E-state index contributed by atoms with van der Waals surface area (Å²) >= 11 is 0. The van der Waals surface area contributed by atoms with Crippen molar-refractivity contribution in [2.45, 2.75) is 20.3 Å². The van der Waals surface area contributed by atoms with E-state index in [0.717, 1.165) is 45.8 Å². The van der Waals surface area contributed by atoms with Gasteiger partial charge in [-0.15, -0.1) is 0 Å². The highest BCUT2D eigenvalue weighted by molar-refractivity contribution is 5.48. The van der Waals surface area contributed by atoms with Crippen LogP contribution in [0.2, 0.25) is 0 Å². The summed E-state index contributed by atoms with van der Waals surface area (Å²) in [6.07, 6.45) is 1.18. The van der Waals surface area contributed by atoms with Gasteiger partial charge in [-0.2, -0.15) is 0 Å². The predicted molar refractivity (Wildman–Crippen MR) is 92.1 cm³/mol. The molecule has 116 valence electrons. The number of nitrogens with zero attached hydrogens (tertiary/aromatic N) is 2. The largest absolute Gasteiger partial charge is 0.369 e. The molecule has 1 aliphatic rings. The molecular formula is C18H29N3. The van der Waals surface area contributed by atoms with Crippen LogP contribution in [0.15, 0.2) is 36.4 Å². The second-order valence-corrected chi connectivity index (χ2v) is 6.03. The van der Waals surface area contributed by atoms with Crippen molar-refractivity contribution in [2.24, 2.45) is 0 Å². The summed E-state index contributed by atoms with van der Waals surface area (Å²) in [6.45, 7) is 16.1. The molecule has 0 amide bonds. The lowest BCUT2D eigenvalue weighted by Crippen LogP contribution is -2.47. The number of rotatable bonds is 7. The van der Waals surface area contributed by atoms with Crippen LogP contribution in [-0.4, -0.2) is 50.7 Å². The number of hydrogen-bond acceptors (Lipinski definition) is 3. The Morgan fingerprint density at radius 1 is 1.24 bits per heavy atom. The maximum absolute atomic E-state index is 4.19. The Labute approximate surface area is 129 Å². The number of benzene rings is 1. The summed E-state index contributed by atoms with van der Waals surface area (Å²) < 4.78 is 0. The third-order valence-electron chi connectivity index (χ3n) is 3.99. The first-order valence-corrected chi connectivity index (χ1v) is 8.10. The van der Waals surface area contributed by atoms with Crippen LogP contribution in [0.5, 0.6) is 0 Å². The van der Waals surface area contributed by atoms with Crippen molar-refractivity contribution in [3.63, 3.8) is 0 Å². The van der Waals surface area contributed by atoms with E-state index in [4.69, 9.17) is 0 Å². The van der Waals surface area contributed by atoms with Crippen molar-refractivity contribution in [3.05, 3.63) is 42.0 Å². The Morgan fingerprint density at radius 2 is 2.00 bits per heavy atom. The number of hydrogen-bond donors (Lipinski definition) is 1. The summed E-state index contributed by atoms with van der Waals surface area (Å²) in [7, 11) is 0. The Balaban J connectivity index is 1.74. The standard InChI is InChI=1S/C18H29N3/c1-4-8-19-14-17(3)15-20-9-11-21(12-10-20)18-7-5-6-16(2)13-18/h5-7,13,19H,3-4,8-12,14-15H2,1-2H3. The van der Waals surface area contributed by atoms with Gasteiger partial charge < -0.3 is 10.2 Å². The van der Waals surface area contributed by atoms with E-state index in [1.807, 2.05) is 0 Å². The van der Waals surface area contributed by atoms with Gasteiger partial charge in [-0.3, -0.25) is 4.90 Å². The molecule has 1 saturated heterocycles. The van der Waals surface area contributed by atoms with E-state index in [2.05, 4.69) is 59.8 Å². The first-order valence-electron chi connectivity index (χ1n) is 8.10. The van der Waals surface area contributed by atoms with Crippen LogP contribution in [0.4, 0.5) is 5.69 Å². The second-order valence-electron chi connectivity index (χ2n) is 6.03. The number of nitrogens with one attached hydrogen (secondary N) is 1. The second kappa shape index (κ2) is 8.20. The van der Waals surface area contributed by atoms with Crippen LogP contribution in [0.25, 0.3) is 0 Å². The van der Waals surface area contributed by atoms with Crippen LogP contribution in [0.1, 0.15) is 18.9 Å². The lowest BCUT2D eigenvalue weighted by Gasteiger charge is -2.36. The molecule has 0 bridgehead atoms. The Hall–Kier alpha value is -1.32. The molecule has 0 saturated carbocycles. The van der Waals surface area contributed by atoms with E-state index in [-0.39, 0.29) is 0 Å². The summed E-state index contributed by atoms with van der Waals surface area (Å²) in [5.41, 5.74) is 4.00. The smallest absolute Gasteiger partial charge is 0.0369 e. The van der Waals surface area contributed by atoms with Gasteiger partial charge in [0.15, 0.2) is 0 Å². The van der Waals surface area contributed by atoms with E-state index >= 15 is 0 Å². The maximum atomic E-state index is 4.19. The monoisotopic (exact) mass is 287 g/mol. The van der Waals surface area contributed by atoms with Gasteiger partial charge in [-0.1, -0.05) is 25.6 Å². The molecule has 1 aliphatic heterocycles. The van der Waals surface area contributed by atoms with Crippen LogP contribution < -0.4 is 10.2 Å². The molecule has 0 aliphatic carbocycles. The minimum Gasteiger partial charge on any atom is -0.369 e. The zero-order chi connectivity index (χ0) is 15.1. The molecule has 21 heavy (non-hydrogen) atoms. The molecule has 2 rings (SSSR count). The van der Waals surface area contributed by atoms with Gasteiger partial charge in [-0.25, -0.2) is 0 Å². The molecule has 0 unspecified atom stereocenters. The lowest BCUT2D eigenvalue weighted by molar-refractivity contribution is 0.276. The quantitative estimate of drug-likeness (QED) is 0.614. The average molecular weight is 287 g/mol. The van der Waals surface area contributed by atoms with Crippen LogP contribution >= 0.6 is 0 Å². The van der Waals surface area contributed by atoms with Crippen molar-refractivity contribution in [3.8, 4) is 0 Å². The minimum absolute atomic E-state index is 0.950. The van der Waals surface area contributed by atoms with E-state index < -0.39 is 0 Å². The van der Waals surface area contributed by atoms with Gasteiger partial charge in [-0.05, 0) is 43.2 Å². The summed E-state index contributed by atoms with van der Waals surface area (Å²) in [5, 5.41) is 3.43. The van der Waals surface area contributed by atoms with E-state index in [1.54, 1.807) is 0 Å². The first-order chi connectivity index (χ1) is 10.2. The lowest BCUT2D eigenvalue weighted by atomic mass is 10.2. The molecule has 3 heteroatoms. The van der Waals surface area contributed by atoms with Gasteiger partial charge in [0, 0.05) is 45.0 Å². The van der Waals surface area contributed by atoms with Crippen LogP contribution in [0, 0.1) is 6.92 Å². The summed E-state index contributed by atoms with van der Waals surface area (Å²) in [4.78, 5) is 5.00. The Morgan fingerprint density at radius 3 is 2.67 bits per heavy atom. The van der Waals surface area contributed by atoms with E-state index in [0.29, 0.717) is 0 Å². The fourth-order valence-corrected chi connectivity index (χ4v) is 2.80. The SMILES string of the molecule is C=C(CNCCC)CN1CCN(c2cccc(C)c2)CC1. The fourth-order valence-electron chi connectivity index (χ4n) is 2.80. The third kappa shape index (κ3) is 5.18. The van der Waals surface area contributed by atoms with Gasteiger partial charge in [0.2, 0.25) is 0 Å². The van der Waals surface area contributed by atoms with Gasteiger partial charge >= 0.3 is 0 Å². The fraction of sp³-hybridized carbons (Fsp3) is 0.556. The summed E-state index contributed by atoms with van der Waals surface area (Å²) in [6, 6.07) is 8.81. The van der Waals surface area contributed by atoms with Crippen molar-refractivity contribution >= 4 is 5.69 Å². The molecule has 3 nitrogen and oxygen atoms in total. The van der Waals surface area contributed by atoms with Crippen molar-refractivity contribution in [2.75, 3.05) is 50.7 Å². The molecular weight excluding hydrogens is 258 g/mol. The minimum atomic E-state index is 0.950. The molecule has 0 aromatic heterocycles. The Kier molecular flexibility index (Phi) is 6.27. The van der Waals surface area contributed by atoms with Crippen LogP contribution in [0.3, 0.4) is 0 Å². The molecule has 1 aromatic carbocycles. The van der Waals surface area contributed by atoms with Crippen molar-refractivity contribution in [1.29, 1.82) is 0 Å². The summed E-state index contributed by atoms with van der Waals surface area (Å²) in [5.74, 6) is 0. The predicted octanol–water partition coefficient (Wildman–Crippen LogP) is 2.67. The molecule has 0 radical (unpaired) electrons. The normalized spacial score (nSPS) is 16.2. The zero-order valence-electron chi connectivity index (χ0n) is 13.6. The molecule has 1 N–H and O–H groups in total. The number of aryl methyl sites for hydroxylation is 1. The molecule has 1 aromatic rings. The van der Waals surface area contributed by atoms with Gasteiger partial charge in [0.1, 0.15) is 0 Å². The highest BCUT2D eigenvalue weighted by Gasteiger charge is 2.17. The highest BCUT2D eigenvalue weighted by Crippen LogP contribution is 2.17. The molecule has 1 fully saturated rings. The van der Waals surface area contributed by atoms with Crippen molar-refractivity contribution < 1.29 is 0 Å². The average Bonchev–Trinajstić information content (AvgIpc) is 2.48. The zero-order valence-corrected chi connectivity index (χ0v) is 13.6. The Bertz CT molecular complexity index is 448. The first kappa shape index (κ1) is 16.1. The van der Waals surface area contributed by atoms with Gasteiger partial charge in [0.25, 0.3) is 0 Å². The molecule has 0 spiro atoms. The number of anilines is 1. The van der Waals surface area contributed by atoms with Crippen LogP contribution in [-0.2, 0) is 0 Å². The maximum Gasteiger partial charge on any atom is 0.0369 e. The highest BCUT2D eigenvalue weighted by atomic mass is 15.3. The molecule has 0 atom stereocenters. The topological polar surface area (TPSA) is 18.5 Å². The van der Waals surface area contributed by atoms with Gasteiger partial charge in [0.05, 0.1) is 0 Å².